The Kier molecular flexibility index (Phi) is 7.18. The lowest BCUT2D eigenvalue weighted by atomic mass is 9.95. The molecule has 0 saturated carbocycles. The number of fused-ring (bicyclic) bond motifs is 6. The van der Waals surface area contributed by atoms with Gasteiger partial charge in [-0.15, -0.1) is 0 Å². The molecule has 10 rings (SSSR count). The van der Waals surface area contributed by atoms with E-state index >= 15 is 0 Å². The zero-order valence-corrected chi connectivity index (χ0v) is 28.4. The molecule has 1 aromatic heterocycles. The van der Waals surface area contributed by atoms with Crippen LogP contribution in [0.15, 0.2) is 205 Å². The van der Waals surface area contributed by atoms with E-state index in [1.807, 2.05) is 0 Å². The molecule has 0 bridgehead atoms. The lowest BCUT2D eigenvalue weighted by Gasteiger charge is -2.27. The minimum Gasteiger partial charge on any atom is -0.455 e. The van der Waals surface area contributed by atoms with Crippen molar-refractivity contribution in [1.82, 2.24) is 0 Å². The smallest absolute Gasteiger partial charge is 0.143 e. The van der Waals surface area contributed by atoms with Crippen molar-refractivity contribution in [3.63, 3.8) is 0 Å². The van der Waals surface area contributed by atoms with E-state index < -0.39 is 0 Å². The van der Waals surface area contributed by atoms with Crippen LogP contribution in [0.5, 0.6) is 0 Å². The molecule has 0 unspecified atom stereocenters. The molecule has 52 heavy (non-hydrogen) atoms. The summed E-state index contributed by atoms with van der Waals surface area (Å²) in [7, 11) is 0. The highest BCUT2D eigenvalue weighted by Gasteiger charge is 2.21. The highest BCUT2D eigenvalue weighted by Crippen LogP contribution is 2.45. The van der Waals surface area contributed by atoms with E-state index in [9.17, 15) is 0 Å². The van der Waals surface area contributed by atoms with Crippen molar-refractivity contribution in [3.05, 3.63) is 200 Å². The van der Waals surface area contributed by atoms with Crippen LogP contribution in [0, 0.1) is 0 Å². The van der Waals surface area contributed by atoms with Crippen LogP contribution in [-0.2, 0) is 0 Å². The van der Waals surface area contributed by atoms with E-state index in [1.54, 1.807) is 0 Å². The van der Waals surface area contributed by atoms with E-state index in [1.165, 1.54) is 49.5 Å². The summed E-state index contributed by atoms with van der Waals surface area (Å²) in [6.07, 6.45) is 0. The molecular formula is C50H33NO. The Labute approximate surface area is 302 Å². The topological polar surface area (TPSA) is 16.4 Å². The molecule has 0 radical (unpaired) electrons. The Morgan fingerprint density at radius 1 is 0.346 bits per heavy atom. The number of hydrogen-bond donors (Lipinski definition) is 0. The highest BCUT2D eigenvalue weighted by molar-refractivity contribution is 6.19. The van der Waals surface area contributed by atoms with E-state index in [-0.39, 0.29) is 0 Å². The first kappa shape index (κ1) is 30.0. The van der Waals surface area contributed by atoms with Gasteiger partial charge in [-0.05, 0) is 98.1 Å². The van der Waals surface area contributed by atoms with Gasteiger partial charge >= 0.3 is 0 Å². The van der Waals surface area contributed by atoms with Crippen LogP contribution in [0.25, 0.3) is 76.9 Å². The highest BCUT2D eigenvalue weighted by atomic mass is 16.3. The average Bonchev–Trinajstić information content (AvgIpc) is 3.62. The lowest BCUT2D eigenvalue weighted by molar-refractivity contribution is 0.672. The second-order valence-electron chi connectivity index (χ2n) is 13.3. The molecule has 0 N–H and O–H groups in total. The zero-order valence-electron chi connectivity index (χ0n) is 28.4. The number of anilines is 3. The minimum atomic E-state index is 0.870. The van der Waals surface area contributed by atoms with Gasteiger partial charge < -0.3 is 9.32 Å². The monoisotopic (exact) mass is 663 g/mol. The third kappa shape index (κ3) is 5.12. The molecule has 0 saturated heterocycles. The Balaban J connectivity index is 1.12. The van der Waals surface area contributed by atoms with Gasteiger partial charge in [-0.3, -0.25) is 0 Å². The quantitative estimate of drug-likeness (QED) is 0.176. The third-order valence-electron chi connectivity index (χ3n) is 10.2. The zero-order chi connectivity index (χ0) is 34.4. The van der Waals surface area contributed by atoms with Gasteiger partial charge in [0.2, 0.25) is 0 Å². The Hall–Kier alpha value is -6.90. The Morgan fingerprint density at radius 3 is 1.81 bits per heavy atom. The molecule has 2 nitrogen and oxygen atoms in total. The second-order valence-corrected chi connectivity index (χ2v) is 13.3. The van der Waals surface area contributed by atoms with Gasteiger partial charge in [0.25, 0.3) is 0 Å². The van der Waals surface area contributed by atoms with Gasteiger partial charge in [0.1, 0.15) is 11.2 Å². The number of hydrogen-bond acceptors (Lipinski definition) is 2. The molecule has 0 aliphatic rings. The summed E-state index contributed by atoms with van der Waals surface area (Å²) < 4.78 is 6.65. The fourth-order valence-electron chi connectivity index (χ4n) is 7.75. The van der Waals surface area contributed by atoms with Gasteiger partial charge in [-0.25, -0.2) is 0 Å². The van der Waals surface area contributed by atoms with Crippen LogP contribution in [0.2, 0.25) is 0 Å². The molecule has 1 heterocycles. The molecule has 0 atom stereocenters. The van der Waals surface area contributed by atoms with E-state index in [2.05, 4.69) is 205 Å². The van der Waals surface area contributed by atoms with Crippen LogP contribution in [0.1, 0.15) is 0 Å². The van der Waals surface area contributed by atoms with Crippen molar-refractivity contribution in [2.75, 3.05) is 4.90 Å². The standard InChI is InChI=1S/C50H33NO/c1-2-12-34(13-3-1)39-18-9-20-42(33-39)51(47-24-11-25-48-49(47)46-31-28-37-15-5-7-22-45(37)50(46)52-48)41-29-26-35(27-30-41)38-17-8-19-40(32-38)44-23-10-16-36-14-4-6-21-43(36)44/h1-33H. The first-order chi connectivity index (χ1) is 25.8. The van der Waals surface area contributed by atoms with Crippen LogP contribution >= 0.6 is 0 Å². The van der Waals surface area contributed by atoms with E-state index in [0.29, 0.717) is 0 Å². The van der Waals surface area contributed by atoms with Crippen LogP contribution in [-0.4, -0.2) is 0 Å². The summed E-state index contributed by atoms with van der Waals surface area (Å²) in [5, 5.41) is 7.01. The maximum absolute atomic E-state index is 6.65. The van der Waals surface area contributed by atoms with Gasteiger partial charge in [-0.2, -0.15) is 0 Å². The molecule has 10 aromatic rings. The first-order valence-electron chi connectivity index (χ1n) is 17.8. The van der Waals surface area contributed by atoms with Gasteiger partial charge in [-0.1, -0.05) is 152 Å². The van der Waals surface area contributed by atoms with Gasteiger partial charge in [0, 0.05) is 22.1 Å². The van der Waals surface area contributed by atoms with Crippen molar-refractivity contribution >= 4 is 60.5 Å². The maximum atomic E-state index is 6.65. The second kappa shape index (κ2) is 12.5. The van der Waals surface area contributed by atoms with Crippen molar-refractivity contribution < 1.29 is 4.42 Å². The SMILES string of the molecule is c1ccc(-c2cccc(N(c3ccc(-c4cccc(-c5cccc6ccccc56)c4)cc3)c3cccc4oc5c6ccccc6ccc5c34)c2)cc1. The average molecular weight is 664 g/mol. The fourth-order valence-corrected chi connectivity index (χ4v) is 7.75. The van der Waals surface area contributed by atoms with Crippen molar-refractivity contribution in [2.45, 2.75) is 0 Å². The number of furan rings is 1. The molecule has 244 valence electrons. The summed E-state index contributed by atoms with van der Waals surface area (Å²) in [5.41, 5.74) is 12.2. The fraction of sp³-hybridized carbons (Fsp3) is 0. The van der Waals surface area contributed by atoms with Crippen molar-refractivity contribution in [3.8, 4) is 33.4 Å². The Bertz CT molecular complexity index is 2900. The molecule has 0 amide bonds. The molecule has 0 aliphatic heterocycles. The van der Waals surface area contributed by atoms with Crippen LogP contribution < -0.4 is 4.90 Å². The Morgan fingerprint density at radius 2 is 0.962 bits per heavy atom. The van der Waals surface area contributed by atoms with E-state index in [0.717, 1.165) is 44.4 Å². The van der Waals surface area contributed by atoms with Gasteiger partial charge in [0.05, 0.1) is 11.1 Å². The number of nitrogens with zero attached hydrogens (tertiary/aromatic N) is 1. The number of benzene rings is 9. The summed E-state index contributed by atoms with van der Waals surface area (Å²) in [5.74, 6) is 0. The molecule has 0 fully saturated rings. The summed E-state index contributed by atoms with van der Waals surface area (Å²) in [6, 6.07) is 71.6. The van der Waals surface area contributed by atoms with Crippen molar-refractivity contribution in [2.24, 2.45) is 0 Å². The summed E-state index contributed by atoms with van der Waals surface area (Å²) in [6.45, 7) is 0. The minimum absolute atomic E-state index is 0.870. The normalized spacial score (nSPS) is 11.5. The molecule has 0 aliphatic carbocycles. The lowest BCUT2D eigenvalue weighted by Crippen LogP contribution is -2.10. The third-order valence-corrected chi connectivity index (χ3v) is 10.2. The molecule has 0 spiro atoms. The maximum Gasteiger partial charge on any atom is 0.143 e. The van der Waals surface area contributed by atoms with Crippen LogP contribution in [0.3, 0.4) is 0 Å². The predicted molar refractivity (Wildman–Crippen MR) is 220 cm³/mol. The largest absolute Gasteiger partial charge is 0.455 e. The number of rotatable bonds is 6. The molecule has 9 aromatic carbocycles. The van der Waals surface area contributed by atoms with E-state index in [4.69, 9.17) is 4.42 Å². The van der Waals surface area contributed by atoms with Gasteiger partial charge in [0.15, 0.2) is 0 Å². The summed E-state index contributed by atoms with van der Waals surface area (Å²) in [4.78, 5) is 2.37. The van der Waals surface area contributed by atoms with Crippen molar-refractivity contribution in [1.29, 1.82) is 0 Å². The molecule has 2 heteroatoms. The predicted octanol–water partition coefficient (Wildman–Crippen LogP) is 14.4. The summed E-state index contributed by atoms with van der Waals surface area (Å²) >= 11 is 0. The van der Waals surface area contributed by atoms with Crippen LogP contribution in [0.4, 0.5) is 17.1 Å². The first-order valence-corrected chi connectivity index (χ1v) is 17.8. The molecular weight excluding hydrogens is 631 g/mol.